The summed E-state index contributed by atoms with van der Waals surface area (Å²) in [4.78, 5) is 18.1. The van der Waals surface area contributed by atoms with Gasteiger partial charge in [0.1, 0.15) is 5.75 Å². The molecule has 0 radical (unpaired) electrons. The molecule has 1 atom stereocenters. The molecule has 0 spiro atoms. The van der Waals surface area contributed by atoms with Crippen LogP contribution in [0.3, 0.4) is 0 Å². The van der Waals surface area contributed by atoms with Crippen molar-refractivity contribution in [3.05, 3.63) is 71.8 Å². The number of pyridine rings is 1. The van der Waals surface area contributed by atoms with Crippen LogP contribution in [0.2, 0.25) is 0 Å². The first kappa shape index (κ1) is 20.5. The molecule has 1 aromatic heterocycles. The van der Waals surface area contributed by atoms with Gasteiger partial charge in [-0.3, -0.25) is 4.79 Å². The van der Waals surface area contributed by atoms with Gasteiger partial charge in [-0.1, -0.05) is 50.2 Å². The second-order valence-electron chi connectivity index (χ2n) is 8.38. The Morgan fingerprint density at radius 1 is 1.03 bits per heavy atom. The normalized spacial score (nSPS) is 15.3. The molecule has 1 aliphatic heterocycles. The number of benzene rings is 2. The average Bonchev–Trinajstić information content (AvgIpc) is 2.71. The van der Waals surface area contributed by atoms with Gasteiger partial charge >= 0.3 is 5.97 Å². The van der Waals surface area contributed by atoms with Crippen LogP contribution in [-0.4, -0.2) is 21.3 Å². The van der Waals surface area contributed by atoms with Crippen LogP contribution in [0.5, 0.6) is 11.6 Å². The van der Waals surface area contributed by atoms with E-state index in [4.69, 9.17) is 9.72 Å². The van der Waals surface area contributed by atoms with E-state index in [9.17, 15) is 9.90 Å². The summed E-state index contributed by atoms with van der Waals surface area (Å²) in [6.45, 7) is 7.86. The molecule has 0 amide bonds. The molecule has 2 heterocycles. The summed E-state index contributed by atoms with van der Waals surface area (Å²) in [5.74, 6) is -0.0531. The molecule has 30 heavy (non-hydrogen) atoms. The van der Waals surface area contributed by atoms with Crippen molar-refractivity contribution >= 4 is 17.7 Å². The molecular formula is C25H25NO3S. The second-order valence-corrected chi connectivity index (χ2v) is 10.0. The SMILES string of the molecule is CC(C)Sc1ccc(-c2ccc3c(n2)Oc2ccccc2C3C(C)(C)C(=O)O)cc1. The topological polar surface area (TPSA) is 59.4 Å². The number of carboxylic acid groups (broad SMARTS) is 1. The van der Waals surface area contributed by atoms with E-state index in [-0.39, 0.29) is 5.92 Å². The van der Waals surface area contributed by atoms with Gasteiger partial charge in [0.05, 0.1) is 11.1 Å². The van der Waals surface area contributed by atoms with Crippen LogP contribution in [0, 0.1) is 5.41 Å². The van der Waals surface area contributed by atoms with Crippen molar-refractivity contribution in [3.63, 3.8) is 0 Å². The van der Waals surface area contributed by atoms with Crippen molar-refractivity contribution in [2.45, 2.75) is 43.8 Å². The fourth-order valence-corrected chi connectivity index (χ4v) is 4.71. The van der Waals surface area contributed by atoms with Gasteiger partial charge in [0, 0.05) is 32.8 Å². The van der Waals surface area contributed by atoms with Crippen LogP contribution in [-0.2, 0) is 4.79 Å². The lowest BCUT2D eigenvalue weighted by molar-refractivity contribution is -0.147. The molecule has 5 heteroatoms. The molecule has 4 rings (SSSR count). The highest BCUT2D eigenvalue weighted by Gasteiger charge is 2.44. The van der Waals surface area contributed by atoms with Crippen molar-refractivity contribution in [2.75, 3.05) is 0 Å². The monoisotopic (exact) mass is 419 g/mol. The fraction of sp³-hybridized carbons (Fsp3) is 0.280. The number of para-hydroxylation sites is 1. The van der Waals surface area contributed by atoms with Crippen LogP contribution in [0.15, 0.2) is 65.6 Å². The Bertz CT molecular complexity index is 1090. The Labute approximate surface area is 181 Å². The Balaban J connectivity index is 1.76. The van der Waals surface area contributed by atoms with Crippen molar-refractivity contribution in [1.82, 2.24) is 4.98 Å². The quantitative estimate of drug-likeness (QED) is 0.472. The average molecular weight is 420 g/mol. The molecule has 1 aliphatic rings. The first-order chi connectivity index (χ1) is 14.3. The van der Waals surface area contributed by atoms with E-state index in [1.807, 2.05) is 48.2 Å². The van der Waals surface area contributed by atoms with Crippen LogP contribution in [0.4, 0.5) is 0 Å². The highest BCUT2D eigenvalue weighted by Crippen LogP contribution is 2.51. The number of hydrogen-bond acceptors (Lipinski definition) is 4. The molecule has 0 aliphatic carbocycles. The Morgan fingerprint density at radius 2 is 1.73 bits per heavy atom. The predicted octanol–water partition coefficient (Wildman–Crippen LogP) is 6.60. The van der Waals surface area contributed by atoms with Crippen molar-refractivity contribution in [1.29, 1.82) is 0 Å². The van der Waals surface area contributed by atoms with E-state index >= 15 is 0 Å². The molecule has 0 fully saturated rings. The fourth-order valence-electron chi connectivity index (χ4n) is 3.87. The first-order valence-corrected chi connectivity index (χ1v) is 10.9. The van der Waals surface area contributed by atoms with E-state index in [0.29, 0.717) is 16.9 Å². The summed E-state index contributed by atoms with van der Waals surface area (Å²) in [6, 6.07) is 19.9. The maximum absolute atomic E-state index is 12.1. The standard InChI is InChI=1S/C25H25NO3S/c1-15(2)30-17-11-9-16(10-12-17)20-14-13-19-22(25(3,4)24(27)28)18-7-5-6-8-21(18)29-23(19)26-20/h5-15,22H,1-4H3,(H,27,28). The summed E-state index contributed by atoms with van der Waals surface area (Å²) in [7, 11) is 0. The maximum atomic E-state index is 12.1. The Hall–Kier alpha value is -2.79. The second kappa shape index (κ2) is 7.80. The number of ether oxygens (including phenoxy) is 1. The minimum absolute atomic E-state index is 0.346. The van der Waals surface area contributed by atoms with Gasteiger partial charge < -0.3 is 9.84 Å². The molecule has 154 valence electrons. The van der Waals surface area contributed by atoms with Crippen LogP contribution < -0.4 is 4.74 Å². The van der Waals surface area contributed by atoms with Crippen LogP contribution in [0.1, 0.15) is 44.7 Å². The Morgan fingerprint density at radius 3 is 2.40 bits per heavy atom. The van der Waals surface area contributed by atoms with Gasteiger partial charge in [0.25, 0.3) is 0 Å². The summed E-state index contributed by atoms with van der Waals surface area (Å²) in [5.41, 5.74) is 2.48. The third-order valence-electron chi connectivity index (χ3n) is 5.43. The maximum Gasteiger partial charge on any atom is 0.310 e. The first-order valence-electron chi connectivity index (χ1n) is 10.1. The number of aliphatic carboxylic acids is 1. The smallest absolute Gasteiger partial charge is 0.310 e. The van der Waals surface area contributed by atoms with E-state index in [1.54, 1.807) is 13.8 Å². The zero-order valence-electron chi connectivity index (χ0n) is 17.5. The van der Waals surface area contributed by atoms with E-state index in [2.05, 4.69) is 38.1 Å². The predicted molar refractivity (Wildman–Crippen MR) is 120 cm³/mol. The number of rotatable bonds is 5. The molecule has 0 saturated carbocycles. The third kappa shape index (κ3) is 3.70. The molecule has 1 unspecified atom stereocenters. The highest BCUT2D eigenvalue weighted by atomic mass is 32.2. The van der Waals surface area contributed by atoms with Gasteiger partial charge in [-0.2, -0.15) is 0 Å². The molecular weight excluding hydrogens is 394 g/mol. The van der Waals surface area contributed by atoms with Crippen molar-refractivity contribution in [2.24, 2.45) is 5.41 Å². The lowest BCUT2D eigenvalue weighted by Crippen LogP contribution is -2.33. The zero-order chi connectivity index (χ0) is 21.5. The number of fused-ring (bicyclic) bond motifs is 2. The molecule has 0 bridgehead atoms. The van der Waals surface area contributed by atoms with E-state index < -0.39 is 11.4 Å². The number of nitrogens with zero attached hydrogens (tertiary/aromatic N) is 1. The highest BCUT2D eigenvalue weighted by molar-refractivity contribution is 7.99. The third-order valence-corrected chi connectivity index (χ3v) is 6.45. The largest absolute Gasteiger partial charge is 0.481 e. The van der Waals surface area contributed by atoms with Crippen molar-refractivity contribution in [3.8, 4) is 22.9 Å². The van der Waals surface area contributed by atoms with Crippen LogP contribution >= 0.6 is 11.8 Å². The van der Waals surface area contributed by atoms with Crippen LogP contribution in [0.25, 0.3) is 11.3 Å². The molecule has 2 aromatic carbocycles. The summed E-state index contributed by atoms with van der Waals surface area (Å²) < 4.78 is 6.11. The van der Waals surface area contributed by atoms with Gasteiger partial charge in [-0.25, -0.2) is 4.98 Å². The number of aromatic nitrogens is 1. The number of hydrogen-bond donors (Lipinski definition) is 1. The Kier molecular flexibility index (Phi) is 5.33. The molecule has 0 saturated heterocycles. The number of thioether (sulfide) groups is 1. The molecule has 1 N–H and O–H groups in total. The lowest BCUT2D eigenvalue weighted by Gasteiger charge is -2.36. The minimum Gasteiger partial charge on any atom is -0.481 e. The van der Waals surface area contributed by atoms with Gasteiger partial charge in [-0.15, -0.1) is 11.8 Å². The molecule has 3 aromatic rings. The van der Waals surface area contributed by atoms with E-state index in [1.165, 1.54) is 4.90 Å². The number of carboxylic acids is 1. The molecule has 4 nitrogen and oxygen atoms in total. The minimum atomic E-state index is -1.01. The number of carbonyl (C=O) groups is 1. The van der Waals surface area contributed by atoms with Crippen molar-refractivity contribution < 1.29 is 14.6 Å². The summed E-state index contributed by atoms with van der Waals surface area (Å²) in [6.07, 6.45) is 0. The van der Waals surface area contributed by atoms with Gasteiger partial charge in [0.2, 0.25) is 5.88 Å². The summed E-state index contributed by atoms with van der Waals surface area (Å²) in [5, 5.41) is 10.4. The van der Waals surface area contributed by atoms with Gasteiger partial charge in [-0.05, 0) is 38.1 Å². The lowest BCUT2D eigenvalue weighted by atomic mass is 9.70. The van der Waals surface area contributed by atoms with Gasteiger partial charge in [0.15, 0.2) is 0 Å². The summed E-state index contributed by atoms with van der Waals surface area (Å²) >= 11 is 1.82. The zero-order valence-corrected chi connectivity index (χ0v) is 18.4. The van der Waals surface area contributed by atoms with E-state index in [0.717, 1.165) is 22.4 Å².